The first-order valence-corrected chi connectivity index (χ1v) is 4.56. The SMILES string of the molecule is ClC(Cl)(I)c1ccccc1. The molecular formula is C7H5Cl2I. The third kappa shape index (κ3) is 2.29. The van der Waals surface area contributed by atoms with E-state index >= 15 is 0 Å². The molecular weight excluding hydrogens is 282 g/mol. The smallest absolute Gasteiger partial charge is 0.0844 e. The second-order valence-electron chi connectivity index (χ2n) is 1.86. The molecule has 0 saturated carbocycles. The van der Waals surface area contributed by atoms with Crippen LogP contribution in [0.15, 0.2) is 30.3 Å². The summed E-state index contributed by atoms with van der Waals surface area (Å²) in [7, 11) is 0. The van der Waals surface area contributed by atoms with Gasteiger partial charge in [0.1, 0.15) is 0 Å². The van der Waals surface area contributed by atoms with Gasteiger partial charge in [-0.05, 0) is 28.2 Å². The van der Waals surface area contributed by atoms with Crippen LogP contribution in [0.25, 0.3) is 0 Å². The average Bonchev–Trinajstić information content (AvgIpc) is 1.88. The van der Waals surface area contributed by atoms with E-state index < -0.39 is 2.34 Å². The minimum atomic E-state index is -0.793. The molecule has 0 spiro atoms. The molecule has 0 heterocycles. The number of rotatable bonds is 1. The molecule has 0 nitrogen and oxygen atoms in total. The van der Waals surface area contributed by atoms with E-state index in [1.54, 1.807) is 0 Å². The molecule has 0 aromatic heterocycles. The van der Waals surface area contributed by atoms with Gasteiger partial charge in [-0.3, -0.25) is 0 Å². The zero-order valence-corrected chi connectivity index (χ0v) is 8.69. The zero-order valence-electron chi connectivity index (χ0n) is 5.02. The van der Waals surface area contributed by atoms with E-state index in [0.29, 0.717) is 0 Å². The molecule has 0 aliphatic rings. The molecule has 0 fully saturated rings. The highest BCUT2D eigenvalue weighted by atomic mass is 127. The van der Waals surface area contributed by atoms with Gasteiger partial charge in [-0.25, -0.2) is 0 Å². The van der Waals surface area contributed by atoms with Crippen LogP contribution in [0, 0.1) is 0 Å². The Morgan fingerprint density at radius 1 is 1.10 bits per heavy atom. The van der Waals surface area contributed by atoms with E-state index in [-0.39, 0.29) is 0 Å². The molecule has 0 atom stereocenters. The third-order valence-corrected chi connectivity index (χ3v) is 2.16. The van der Waals surface area contributed by atoms with Gasteiger partial charge in [-0.2, -0.15) is 0 Å². The molecule has 0 unspecified atom stereocenters. The fourth-order valence-electron chi connectivity index (χ4n) is 0.627. The highest BCUT2D eigenvalue weighted by Crippen LogP contribution is 2.40. The van der Waals surface area contributed by atoms with Crippen molar-refractivity contribution < 1.29 is 0 Å². The number of benzene rings is 1. The number of hydrogen-bond donors (Lipinski definition) is 0. The number of halogens is 3. The largest absolute Gasteiger partial charge is 0.193 e. The molecule has 0 saturated heterocycles. The lowest BCUT2D eigenvalue weighted by atomic mass is 10.2. The molecule has 1 aromatic rings. The molecule has 0 amide bonds. The average molecular weight is 287 g/mol. The lowest BCUT2D eigenvalue weighted by Crippen LogP contribution is -1.96. The lowest BCUT2D eigenvalue weighted by Gasteiger charge is -2.09. The van der Waals surface area contributed by atoms with E-state index in [9.17, 15) is 0 Å². The van der Waals surface area contributed by atoms with Crippen molar-refractivity contribution in [3.8, 4) is 0 Å². The molecule has 0 N–H and O–H groups in total. The first-order valence-electron chi connectivity index (χ1n) is 2.73. The quantitative estimate of drug-likeness (QED) is 0.545. The Hall–Kier alpha value is 0.530. The van der Waals surface area contributed by atoms with Crippen LogP contribution in [0.1, 0.15) is 5.56 Å². The summed E-state index contributed by atoms with van der Waals surface area (Å²) < 4.78 is -0.793. The molecule has 0 aliphatic heterocycles. The van der Waals surface area contributed by atoms with Gasteiger partial charge in [0.2, 0.25) is 0 Å². The van der Waals surface area contributed by atoms with Crippen LogP contribution in [0.5, 0.6) is 0 Å². The molecule has 3 heteroatoms. The number of alkyl halides is 3. The second-order valence-corrected chi connectivity index (χ2v) is 6.08. The van der Waals surface area contributed by atoms with Crippen molar-refractivity contribution in [2.45, 2.75) is 2.34 Å². The first kappa shape index (κ1) is 8.62. The fraction of sp³-hybridized carbons (Fsp3) is 0.143. The molecule has 0 radical (unpaired) electrons. The summed E-state index contributed by atoms with van der Waals surface area (Å²) in [4.78, 5) is 0. The lowest BCUT2D eigenvalue weighted by molar-refractivity contribution is 1.31. The molecule has 1 aromatic carbocycles. The minimum absolute atomic E-state index is 0.793. The van der Waals surface area contributed by atoms with Crippen molar-refractivity contribution in [2.24, 2.45) is 0 Å². The molecule has 54 valence electrons. The van der Waals surface area contributed by atoms with Crippen LogP contribution in [0.2, 0.25) is 0 Å². The highest BCUT2D eigenvalue weighted by molar-refractivity contribution is 14.1. The van der Waals surface area contributed by atoms with Crippen molar-refractivity contribution in [2.75, 3.05) is 0 Å². The van der Waals surface area contributed by atoms with E-state index in [0.717, 1.165) is 5.56 Å². The Kier molecular flexibility index (Phi) is 2.83. The summed E-state index contributed by atoms with van der Waals surface area (Å²) in [5.74, 6) is 0. The van der Waals surface area contributed by atoms with Gasteiger partial charge in [-0.15, -0.1) is 0 Å². The van der Waals surface area contributed by atoms with Crippen molar-refractivity contribution in [3.63, 3.8) is 0 Å². The minimum Gasteiger partial charge on any atom is -0.0844 e. The van der Waals surface area contributed by atoms with E-state index in [1.165, 1.54) is 0 Å². The molecule has 10 heavy (non-hydrogen) atoms. The Balaban J connectivity index is 2.97. The van der Waals surface area contributed by atoms with Crippen LogP contribution in [0.4, 0.5) is 0 Å². The number of hydrogen-bond acceptors (Lipinski definition) is 0. The third-order valence-electron chi connectivity index (χ3n) is 1.10. The summed E-state index contributed by atoms with van der Waals surface area (Å²) >= 11 is 13.6. The van der Waals surface area contributed by atoms with Gasteiger partial charge in [0.25, 0.3) is 0 Å². The van der Waals surface area contributed by atoms with E-state index in [4.69, 9.17) is 23.2 Å². The van der Waals surface area contributed by atoms with Crippen LogP contribution in [-0.2, 0) is 2.34 Å². The van der Waals surface area contributed by atoms with Gasteiger partial charge in [0, 0.05) is 0 Å². The van der Waals surface area contributed by atoms with Gasteiger partial charge in [0.15, 0.2) is 2.34 Å². The van der Waals surface area contributed by atoms with Crippen molar-refractivity contribution in [1.29, 1.82) is 0 Å². The predicted octanol–water partition coefficient (Wildman–Crippen LogP) is 3.71. The fourth-order valence-corrected chi connectivity index (χ4v) is 1.24. The monoisotopic (exact) mass is 286 g/mol. The normalized spacial score (nSPS) is 11.5. The molecule has 0 bridgehead atoms. The Morgan fingerprint density at radius 3 is 1.90 bits per heavy atom. The van der Waals surface area contributed by atoms with Crippen molar-refractivity contribution in [1.82, 2.24) is 0 Å². The van der Waals surface area contributed by atoms with Crippen LogP contribution in [0.3, 0.4) is 0 Å². The van der Waals surface area contributed by atoms with Gasteiger partial charge < -0.3 is 0 Å². The van der Waals surface area contributed by atoms with Crippen LogP contribution in [-0.4, -0.2) is 0 Å². The molecule has 0 aliphatic carbocycles. The molecule has 1 rings (SSSR count). The maximum Gasteiger partial charge on any atom is 0.193 e. The first-order chi connectivity index (χ1) is 4.61. The van der Waals surface area contributed by atoms with Gasteiger partial charge >= 0.3 is 0 Å². The van der Waals surface area contributed by atoms with Crippen molar-refractivity contribution >= 4 is 45.8 Å². The zero-order chi connectivity index (χ0) is 7.61. The van der Waals surface area contributed by atoms with Crippen LogP contribution >= 0.6 is 45.8 Å². The summed E-state index contributed by atoms with van der Waals surface area (Å²) in [5, 5.41) is 0. The Morgan fingerprint density at radius 2 is 1.60 bits per heavy atom. The van der Waals surface area contributed by atoms with Crippen LogP contribution < -0.4 is 0 Å². The maximum absolute atomic E-state index is 5.81. The second kappa shape index (κ2) is 3.28. The summed E-state index contributed by atoms with van der Waals surface area (Å²) in [6, 6.07) is 9.54. The maximum atomic E-state index is 5.81. The highest BCUT2D eigenvalue weighted by Gasteiger charge is 2.20. The summed E-state index contributed by atoms with van der Waals surface area (Å²) in [6.45, 7) is 0. The Labute approximate surface area is 83.7 Å². The standard InChI is InChI=1S/C7H5Cl2I/c8-7(9,10)6-4-2-1-3-5-6/h1-5H. The van der Waals surface area contributed by atoms with Gasteiger partial charge in [0.05, 0.1) is 0 Å². The Bertz CT molecular complexity index is 203. The van der Waals surface area contributed by atoms with Gasteiger partial charge in [-0.1, -0.05) is 53.5 Å². The van der Waals surface area contributed by atoms with E-state index in [2.05, 4.69) is 0 Å². The summed E-state index contributed by atoms with van der Waals surface area (Å²) in [6.07, 6.45) is 0. The topological polar surface area (TPSA) is 0 Å². The van der Waals surface area contributed by atoms with Crippen molar-refractivity contribution in [3.05, 3.63) is 35.9 Å². The predicted molar refractivity (Wildman–Crippen MR) is 53.8 cm³/mol. The van der Waals surface area contributed by atoms with E-state index in [1.807, 2.05) is 52.9 Å². The summed E-state index contributed by atoms with van der Waals surface area (Å²) in [5.41, 5.74) is 0.916.